The highest BCUT2D eigenvalue weighted by atomic mass is 35.5. The molecule has 0 aliphatic heterocycles. The summed E-state index contributed by atoms with van der Waals surface area (Å²) in [6, 6.07) is 14.2. The first-order valence-corrected chi connectivity index (χ1v) is 10.1. The van der Waals surface area contributed by atoms with Crippen LogP contribution in [0.25, 0.3) is 22.2 Å². The molecule has 2 N–H and O–H groups in total. The summed E-state index contributed by atoms with van der Waals surface area (Å²) in [6.07, 6.45) is 2.85. The summed E-state index contributed by atoms with van der Waals surface area (Å²) in [5.74, 6) is 0.0697. The standard InChI is InChI=1S/C23H25ClN2O2/c1-15-19-12-18(24)11-17(13-25-22(27)23(14-28-2)9-6-10-23)21(19)26-20(15)16-7-4-3-5-8-16/h3-5,7-8,11-12,26H,6,9-10,13-14H2,1-2H3,(H,25,27). The number of methoxy groups -OCH3 is 1. The average molecular weight is 397 g/mol. The number of hydrogen-bond acceptors (Lipinski definition) is 2. The van der Waals surface area contributed by atoms with E-state index >= 15 is 0 Å². The van der Waals surface area contributed by atoms with E-state index in [1.54, 1.807) is 7.11 Å². The summed E-state index contributed by atoms with van der Waals surface area (Å²) in [6.45, 7) is 3.01. The third kappa shape index (κ3) is 3.31. The number of hydrogen-bond donors (Lipinski definition) is 2. The lowest BCUT2D eigenvalue weighted by atomic mass is 9.68. The van der Waals surface area contributed by atoms with Gasteiger partial charge in [0.2, 0.25) is 5.91 Å². The van der Waals surface area contributed by atoms with Gasteiger partial charge in [0.1, 0.15) is 0 Å². The summed E-state index contributed by atoms with van der Waals surface area (Å²) >= 11 is 6.40. The lowest BCUT2D eigenvalue weighted by Crippen LogP contribution is -2.48. The molecule has 0 atom stereocenters. The number of benzene rings is 2. The molecule has 4 rings (SSSR count). The molecule has 1 aliphatic carbocycles. The fraction of sp³-hybridized carbons (Fsp3) is 0.348. The van der Waals surface area contributed by atoms with Crippen molar-refractivity contribution in [3.8, 4) is 11.3 Å². The number of nitrogens with one attached hydrogen (secondary N) is 2. The number of carbonyl (C=O) groups is 1. The lowest BCUT2D eigenvalue weighted by molar-refractivity contribution is -0.140. The van der Waals surface area contributed by atoms with Gasteiger partial charge < -0.3 is 15.0 Å². The van der Waals surface area contributed by atoms with Crippen molar-refractivity contribution in [3.05, 3.63) is 58.6 Å². The molecule has 4 nitrogen and oxygen atoms in total. The van der Waals surface area contributed by atoms with Crippen LogP contribution in [0, 0.1) is 12.3 Å². The molecule has 0 radical (unpaired) electrons. The van der Waals surface area contributed by atoms with Crippen molar-refractivity contribution in [1.82, 2.24) is 10.3 Å². The molecule has 1 heterocycles. The zero-order chi connectivity index (χ0) is 19.7. The first kappa shape index (κ1) is 19.0. The van der Waals surface area contributed by atoms with Crippen LogP contribution in [0.2, 0.25) is 5.02 Å². The molecule has 1 saturated carbocycles. The van der Waals surface area contributed by atoms with Gasteiger partial charge in [-0.15, -0.1) is 0 Å². The monoisotopic (exact) mass is 396 g/mol. The number of ether oxygens (including phenoxy) is 1. The second kappa shape index (κ2) is 7.61. The second-order valence-electron chi connectivity index (χ2n) is 7.73. The topological polar surface area (TPSA) is 54.1 Å². The molecule has 28 heavy (non-hydrogen) atoms. The largest absolute Gasteiger partial charge is 0.384 e. The van der Waals surface area contributed by atoms with Gasteiger partial charge in [0.25, 0.3) is 0 Å². The molecule has 2 aromatic carbocycles. The minimum Gasteiger partial charge on any atom is -0.384 e. The molecule has 0 spiro atoms. The van der Waals surface area contributed by atoms with Crippen LogP contribution in [0.4, 0.5) is 0 Å². The molecule has 1 aliphatic rings. The molecule has 3 aromatic rings. The molecule has 146 valence electrons. The minimum atomic E-state index is -0.368. The fourth-order valence-electron chi connectivity index (χ4n) is 4.17. The zero-order valence-corrected chi connectivity index (χ0v) is 17.0. The maximum atomic E-state index is 12.8. The molecule has 0 bridgehead atoms. The Kier molecular flexibility index (Phi) is 5.17. The van der Waals surface area contributed by atoms with E-state index in [0.717, 1.165) is 52.5 Å². The van der Waals surface area contributed by atoms with E-state index in [9.17, 15) is 4.79 Å². The molecule has 0 unspecified atom stereocenters. The van der Waals surface area contributed by atoms with Crippen LogP contribution in [0.3, 0.4) is 0 Å². The van der Waals surface area contributed by atoms with E-state index in [4.69, 9.17) is 16.3 Å². The highest BCUT2D eigenvalue weighted by Crippen LogP contribution is 2.41. The number of aryl methyl sites for hydroxylation is 1. The van der Waals surface area contributed by atoms with Gasteiger partial charge in [-0.1, -0.05) is 48.4 Å². The smallest absolute Gasteiger partial charge is 0.228 e. The Hall–Kier alpha value is -2.30. The highest BCUT2D eigenvalue weighted by molar-refractivity contribution is 6.31. The van der Waals surface area contributed by atoms with Crippen LogP contribution < -0.4 is 5.32 Å². The second-order valence-corrected chi connectivity index (χ2v) is 8.16. The van der Waals surface area contributed by atoms with Crippen LogP contribution in [0.15, 0.2) is 42.5 Å². The van der Waals surface area contributed by atoms with Crippen LogP contribution in [0.5, 0.6) is 0 Å². The van der Waals surface area contributed by atoms with Crippen LogP contribution in [0.1, 0.15) is 30.4 Å². The summed E-state index contributed by atoms with van der Waals surface area (Å²) in [4.78, 5) is 16.3. The van der Waals surface area contributed by atoms with Gasteiger partial charge in [0.05, 0.1) is 17.5 Å². The van der Waals surface area contributed by atoms with Gasteiger partial charge in [-0.25, -0.2) is 0 Å². The van der Waals surface area contributed by atoms with Crippen LogP contribution >= 0.6 is 11.6 Å². The van der Waals surface area contributed by atoms with Gasteiger partial charge in [0, 0.05) is 29.8 Å². The first-order valence-electron chi connectivity index (χ1n) is 9.67. The van der Waals surface area contributed by atoms with Crippen molar-refractivity contribution in [2.24, 2.45) is 5.41 Å². The summed E-state index contributed by atoms with van der Waals surface area (Å²) < 4.78 is 5.29. The van der Waals surface area contributed by atoms with Gasteiger partial charge >= 0.3 is 0 Å². The summed E-state index contributed by atoms with van der Waals surface area (Å²) in [7, 11) is 1.65. The number of H-pyrrole nitrogens is 1. The lowest BCUT2D eigenvalue weighted by Gasteiger charge is -2.39. The fourth-order valence-corrected chi connectivity index (χ4v) is 4.41. The Balaban J connectivity index is 1.65. The number of carbonyl (C=O) groups excluding carboxylic acids is 1. The Morgan fingerprint density at radius 3 is 2.64 bits per heavy atom. The van der Waals surface area contributed by atoms with Crippen molar-refractivity contribution in [3.63, 3.8) is 0 Å². The number of fused-ring (bicyclic) bond motifs is 1. The van der Waals surface area contributed by atoms with Crippen LogP contribution in [-0.4, -0.2) is 24.6 Å². The number of amides is 1. The van der Waals surface area contributed by atoms with Gasteiger partial charge in [-0.3, -0.25) is 4.79 Å². The predicted octanol–water partition coefficient (Wildman–Crippen LogP) is 5.23. The van der Waals surface area contributed by atoms with E-state index in [2.05, 4.69) is 29.4 Å². The number of halogens is 1. The van der Waals surface area contributed by atoms with E-state index in [1.165, 1.54) is 0 Å². The molecule has 1 aromatic heterocycles. The van der Waals surface area contributed by atoms with E-state index in [0.29, 0.717) is 18.2 Å². The number of aromatic nitrogens is 1. The Morgan fingerprint density at radius 2 is 2.00 bits per heavy atom. The maximum Gasteiger partial charge on any atom is 0.228 e. The summed E-state index contributed by atoms with van der Waals surface area (Å²) in [5, 5.41) is 4.88. The predicted molar refractivity (Wildman–Crippen MR) is 113 cm³/mol. The highest BCUT2D eigenvalue weighted by Gasteiger charge is 2.44. The van der Waals surface area contributed by atoms with Gasteiger partial charge in [-0.2, -0.15) is 0 Å². The third-order valence-corrected chi connectivity index (χ3v) is 6.15. The average Bonchev–Trinajstić information content (AvgIpc) is 3.00. The van der Waals surface area contributed by atoms with Crippen molar-refractivity contribution in [2.75, 3.05) is 13.7 Å². The van der Waals surface area contributed by atoms with E-state index < -0.39 is 0 Å². The van der Waals surface area contributed by atoms with Gasteiger partial charge in [-0.05, 0) is 48.6 Å². The van der Waals surface area contributed by atoms with Crippen LogP contribution in [-0.2, 0) is 16.1 Å². The molecule has 1 fully saturated rings. The molecule has 1 amide bonds. The van der Waals surface area contributed by atoms with Crippen molar-refractivity contribution >= 4 is 28.4 Å². The maximum absolute atomic E-state index is 12.8. The third-order valence-electron chi connectivity index (χ3n) is 5.93. The summed E-state index contributed by atoms with van der Waals surface area (Å²) in [5.41, 5.74) is 5.03. The Morgan fingerprint density at radius 1 is 1.25 bits per heavy atom. The normalized spacial score (nSPS) is 15.4. The zero-order valence-electron chi connectivity index (χ0n) is 16.3. The first-order chi connectivity index (χ1) is 13.5. The molecule has 5 heteroatoms. The van der Waals surface area contributed by atoms with Crippen molar-refractivity contribution in [1.29, 1.82) is 0 Å². The number of rotatable bonds is 6. The van der Waals surface area contributed by atoms with Crippen molar-refractivity contribution < 1.29 is 9.53 Å². The molecular weight excluding hydrogens is 372 g/mol. The SMILES string of the molecule is COCC1(C(=O)NCc2cc(Cl)cc3c(C)c(-c4ccccc4)[nH]c23)CCC1. The minimum absolute atomic E-state index is 0.0697. The Labute approximate surface area is 170 Å². The van der Waals surface area contributed by atoms with Gasteiger partial charge in [0.15, 0.2) is 0 Å². The Bertz CT molecular complexity index is 1010. The van der Waals surface area contributed by atoms with Crippen molar-refractivity contribution in [2.45, 2.75) is 32.7 Å². The molecule has 0 saturated heterocycles. The van der Waals surface area contributed by atoms with E-state index in [1.807, 2.05) is 30.3 Å². The van der Waals surface area contributed by atoms with E-state index in [-0.39, 0.29) is 11.3 Å². The quantitative estimate of drug-likeness (QED) is 0.599. The number of aromatic amines is 1. The molecular formula is C23H25ClN2O2.